The molecule has 5 nitrogen and oxygen atoms in total. The Morgan fingerprint density at radius 1 is 1.55 bits per heavy atom. The lowest BCUT2D eigenvalue weighted by molar-refractivity contribution is 0.115. The largest absolute Gasteiger partial charge is 0.469 e. The van der Waals surface area contributed by atoms with Crippen molar-refractivity contribution in [3.8, 4) is 0 Å². The van der Waals surface area contributed by atoms with Crippen LogP contribution in [-0.4, -0.2) is 51.3 Å². The van der Waals surface area contributed by atoms with Gasteiger partial charge in [0.15, 0.2) is 5.96 Å². The first-order chi connectivity index (χ1) is 9.79. The quantitative estimate of drug-likeness (QED) is 0.447. The summed E-state index contributed by atoms with van der Waals surface area (Å²) in [5.74, 6) is 2.71. The van der Waals surface area contributed by atoms with Crippen molar-refractivity contribution in [1.82, 2.24) is 10.2 Å². The van der Waals surface area contributed by atoms with Gasteiger partial charge >= 0.3 is 0 Å². The molecule has 0 spiro atoms. The normalized spacial score (nSPS) is 15.4. The fourth-order valence-electron chi connectivity index (χ4n) is 1.98. The SMILES string of the molecule is CN=C(NCCc1ccco1)N(C)CCOCC1CC1. The Labute approximate surface area is 121 Å². The number of rotatable bonds is 8. The molecule has 1 N–H and O–H groups in total. The topological polar surface area (TPSA) is 50.0 Å². The molecule has 0 unspecified atom stereocenters. The number of hydrogen-bond donors (Lipinski definition) is 1. The molecule has 0 amide bonds. The van der Waals surface area contributed by atoms with Crippen LogP contribution >= 0.6 is 0 Å². The highest BCUT2D eigenvalue weighted by Crippen LogP contribution is 2.28. The van der Waals surface area contributed by atoms with Crippen LogP contribution in [0.2, 0.25) is 0 Å². The number of nitrogens with one attached hydrogen (secondary N) is 1. The summed E-state index contributed by atoms with van der Waals surface area (Å²) in [6, 6.07) is 3.90. The minimum atomic E-state index is 0.756. The number of furan rings is 1. The lowest BCUT2D eigenvalue weighted by Gasteiger charge is -2.21. The van der Waals surface area contributed by atoms with E-state index in [0.717, 1.165) is 50.4 Å². The Hall–Kier alpha value is -1.49. The van der Waals surface area contributed by atoms with E-state index in [0.29, 0.717) is 0 Å². The number of likely N-dealkylation sites (N-methyl/N-ethyl adjacent to an activating group) is 1. The third kappa shape index (κ3) is 5.25. The molecule has 1 aromatic heterocycles. The lowest BCUT2D eigenvalue weighted by Crippen LogP contribution is -2.41. The minimum absolute atomic E-state index is 0.756. The van der Waals surface area contributed by atoms with Crippen LogP contribution in [0.1, 0.15) is 18.6 Å². The average molecular weight is 279 g/mol. The third-order valence-corrected chi connectivity index (χ3v) is 3.43. The van der Waals surface area contributed by atoms with Crippen molar-refractivity contribution in [3.63, 3.8) is 0 Å². The predicted molar refractivity (Wildman–Crippen MR) is 79.9 cm³/mol. The van der Waals surface area contributed by atoms with Gasteiger partial charge in [-0.25, -0.2) is 0 Å². The van der Waals surface area contributed by atoms with Crippen molar-refractivity contribution in [2.75, 3.05) is 40.4 Å². The first kappa shape index (κ1) is 14.9. The van der Waals surface area contributed by atoms with Crippen LogP contribution in [0.15, 0.2) is 27.8 Å². The molecule has 1 aliphatic rings. The summed E-state index contributed by atoms with van der Waals surface area (Å²) >= 11 is 0. The summed E-state index contributed by atoms with van der Waals surface area (Å²) in [6.07, 6.45) is 5.24. The van der Waals surface area contributed by atoms with Crippen molar-refractivity contribution in [3.05, 3.63) is 24.2 Å². The molecule has 0 bridgehead atoms. The minimum Gasteiger partial charge on any atom is -0.469 e. The van der Waals surface area contributed by atoms with E-state index in [4.69, 9.17) is 9.15 Å². The number of guanidine groups is 1. The molecular weight excluding hydrogens is 254 g/mol. The van der Waals surface area contributed by atoms with E-state index in [2.05, 4.69) is 15.2 Å². The van der Waals surface area contributed by atoms with E-state index in [-0.39, 0.29) is 0 Å². The molecule has 20 heavy (non-hydrogen) atoms. The van der Waals surface area contributed by atoms with Gasteiger partial charge in [0.05, 0.1) is 12.9 Å². The van der Waals surface area contributed by atoms with Crippen LogP contribution in [-0.2, 0) is 11.2 Å². The van der Waals surface area contributed by atoms with Gasteiger partial charge in [-0.15, -0.1) is 0 Å². The van der Waals surface area contributed by atoms with Gasteiger partial charge in [0.1, 0.15) is 5.76 Å². The number of aliphatic imine (C=N–C) groups is 1. The number of ether oxygens (including phenoxy) is 1. The van der Waals surface area contributed by atoms with Crippen molar-refractivity contribution in [2.45, 2.75) is 19.3 Å². The van der Waals surface area contributed by atoms with E-state index in [1.807, 2.05) is 19.2 Å². The van der Waals surface area contributed by atoms with Crippen LogP contribution in [0.25, 0.3) is 0 Å². The molecule has 5 heteroatoms. The highest BCUT2D eigenvalue weighted by atomic mass is 16.5. The molecule has 0 atom stereocenters. The maximum atomic E-state index is 5.65. The average Bonchev–Trinajstić information content (AvgIpc) is 3.14. The van der Waals surface area contributed by atoms with Gasteiger partial charge in [-0.05, 0) is 30.9 Å². The highest BCUT2D eigenvalue weighted by Gasteiger charge is 2.21. The molecule has 112 valence electrons. The summed E-state index contributed by atoms with van der Waals surface area (Å²) in [5.41, 5.74) is 0. The summed E-state index contributed by atoms with van der Waals surface area (Å²) in [7, 11) is 3.83. The van der Waals surface area contributed by atoms with Crippen molar-refractivity contribution >= 4 is 5.96 Å². The van der Waals surface area contributed by atoms with E-state index < -0.39 is 0 Å². The molecule has 0 saturated heterocycles. The molecule has 1 aliphatic carbocycles. The Kier molecular flexibility index (Phi) is 5.92. The fraction of sp³-hybridized carbons (Fsp3) is 0.667. The van der Waals surface area contributed by atoms with E-state index in [1.54, 1.807) is 13.3 Å². The van der Waals surface area contributed by atoms with Gasteiger partial charge in [-0.2, -0.15) is 0 Å². The van der Waals surface area contributed by atoms with Crippen LogP contribution in [0.4, 0.5) is 0 Å². The second kappa shape index (κ2) is 7.94. The molecule has 0 aromatic carbocycles. The first-order valence-corrected chi connectivity index (χ1v) is 7.31. The first-order valence-electron chi connectivity index (χ1n) is 7.31. The van der Waals surface area contributed by atoms with Gasteiger partial charge in [0, 0.05) is 40.2 Å². The predicted octanol–water partition coefficient (Wildman–Crippen LogP) is 1.76. The van der Waals surface area contributed by atoms with Gasteiger partial charge in [0.25, 0.3) is 0 Å². The fourth-order valence-corrected chi connectivity index (χ4v) is 1.98. The van der Waals surface area contributed by atoms with Crippen molar-refractivity contribution < 1.29 is 9.15 Å². The second-order valence-corrected chi connectivity index (χ2v) is 5.24. The van der Waals surface area contributed by atoms with Gasteiger partial charge in [-0.3, -0.25) is 4.99 Å². The van der Waals surface area contributed by atoms with Gasteiger partial charge in [-0.1, -0.05) is 0 Å². The molecule has 0 radical (unpaired) electrons. The maximum absolute atomic E-state index is 5.65. The summed E-state index contributed by atoms with van der Waals surface area (Å²) in [4.78, 5) is 6.37. The zero-order chi connectivity index (χ0) is 14.2. The summed E-state index contributed by atoms with van der Waals surface area (Å²) in [6.45, 7) is 3.34. The van der Waals surface area contributed by atoms with E-state index in [1.165, 1.54) is 12.8 Å². The van der Waals surface area contributed by atoms with Crippen LogP contribution in [0, 0.1) is 5.92 Å². The van der Waals surface area contributed by atoms with E-state index >= 15 is 0 Å². The van der Waals surface area contributed by atoms with Gasteiger partial charge in [0.2, 0.25) is 0 Å². The Morgan fingerprint density at radius 3 is 3.05 bits per heavy atom. The van der Waals surface area contributed by atoms with Crippen LogP contribution in [0.3, 0.4) is 0 Å². The van der Waals surface area contributed by atoms with Gasteiger partial charge < -0.3 is 19.4 Å². The molecule has 1 heterocycles. The number of nitrogens with zero attached hydrogens (tertiary/aromatic N) is 2. The second-order valence-electron chi connectivity index (χ2n) is 5.24. The summed E-state index contributed by atoms with van der Waals surface area (Å²) in [5, 5.41) is 3.33. The molecule has 2 rings (SSSR count). The van der Waals surface area contributed by atoms with Crippen LogP contribution < -0.4 is 5.32 Å². The van der Waals surface area contributed by atoms with Crippen molar-refractivity contribution in [2.24, 2.45) is 10.9 Å². The molecule has 1 saturated carbocycles. The third-order valence-electron chi connectivity index (χ3n) is 3.43. The zero-order valence-corrected chi connectivity index (χ0v) is 12.5. The Balaban J connectivity index is 1.59. The van der Waals surface area contributed by atoms with E-state index in [9.17, 15) is 0 Å². The molecular formula is C15H25N3O2. The van der Waals surface area contributed by atoms with Crippen molar-refractivity contribution in [1.29, 1.82) is 0 Å². The zero-order valence-electron chi connectivity index (χ0n) is 12.5. The smallest absolute Gasteiger partial charge is 0.193 e. The maximum Gasteiger partial charge on any atom is 0.193 e. The summed E-state index contributed by atoms with van der Waals surface area (Å²) < 4.78 is 11.0. The highest BCUT2D eigenvalue weighted by molar-refractivity contribution is 5.79. The number of hydrogen-bond acceptors (Lipinski definition) is 3. The van der Waals surface area contributed by atoms with Crippen LogP contribution in [0.5, 0.6) is 0 Å². The Morgan fingerprint density at radius 2 is 2.40 bits per heavy atom. The molecule has 0 aliphatic heterocycles. The monoisotopic (exact) mass is 279 g/mol. The molecule has 1 aromatic rings. The Bertz CT molecular complexity index is 399. The lowest BCUT2D eigenvalue weighted by atomic mass is 10.3. The standard InChI is InChI=1S/C15H25N3O2/c1-16-15(17-8-7-14-4-3-10-20-14)18(2)9-11-19-12-13-5-6-13/h3-4,10,13H,5-9,11-12H2,1-2H3,(H,16,17). The molecule has 1 fully saturated rings.